The molecule has 296 valence electrons. The van der Waals surface area contributed by atoms with Gasteiger partial charge in [0.15, 0.2) is 25.2 Å². The van der Waals surface area contributed by atoms with Crippen molar-refractivity contribution in [3.63, 3.8) is 0 Å². The summed E-state index contributed by atoms with van der Waals surface area (Å²) >= 11 is 0. The first-order chi connectivity index (χ1) is 24.1. The molecule has 4 heterocycles. The van der Waals surface area contributed by atoms with E-state index in [9.17, 15) is 70.9 Å². The fourth-order valence-electron chi connectivity index (χ4n) is 6.36. The summed E-state index contributed by atoms with van der Waals surface area (Å²) in [5.41, 5.74) is 0. The minimum Gasteiger partial charge on any atom is -0.394 e. The normalized spacial score (nSPS) is 47.8. The van der Waals surface area contributed by atoms with E-state index in [1.165, 1.54) is 0 Å². The summed E-state index contributed by atoms with van der Waals surface area (Å²) in [6.45, 7) is -1.25. The van der Waals surface area contributed by atoms with Gasteiger partial charge in [-0.05, 0) is 0 Å². The molecule has 20 atom stereocenters. The summed E-state index contributed by atoms with van der Waals surface area (Å²) in [7, 11) is 0. The van der Waals surface area contributed by atoms with Crippen molar-refractivity contribution in [2.24, 2.45) is 0 Å². The molecule has 23 nitrogen and oxygen atoms in total. The number of ether oxygens (including phenoxy) is 7. The molecular formula is C28H48N2O21. The number of aliphatic hydroxyl groups excluding tert-OH is 12. The van der Waals surface area contributed by atoms with Gasteiger partial charge >= 0.3 is 0 Å². The number of aliphatic hydroxyl groups is 12. The maximum Gasteiger partial charge on any atom is 0.217 e. The smallest absolute Gasteiger partial charge is 0.217 e. The van der Waals surface area contributed by atoms with Crippen LogP contribution in [0.3, 0.4) is 0 Å². The topological polar surface area (TPSA) is 366 Å². The van der Waals surface area contributed by atoms with Crippen molar-refractivity contribution < 1.29 is 104 Å². The van der Waals surface area contributed by atoms with Crippen LogP contribution in [0.5, 0.6) is 0 Å². The molecule has 4 saturated heterocycles. The molecule has 0 radical (unpaired) electrons. The van der Waals surface area contributed by atoms with Gasteiger partial charge in [0, 0.05) is 13.8 Å². The minimum atomic E-state index is -2.04. The van der Waals surface area contributed by atoms with Crippen molar-refractivity contribution in [3.05, 3.63) is 0 Å². The van der Waals surface area contributed by atoms with Crippen LogP contribution in [0.25, 0.3) is 0 Å². The van der Waals surface area contributed by atoms with Gasteiger partial charge in [-0.3, -0.25) is 9.59 Å². The van der Waals surface area contributed by atoms with E-state index in [0.717, 1.165) is 13.8 Å². The Morgan fingerprint density at radius 1 is 0.471 bits per heavy atom. The quantitative estimate of drug-likeness (QED) is 0.0881. The summed E-state index contributed by atoms with van der Waals surface area (Å²) in [5, 5.41) is 129. The van der Waals surface area contributed by atoms with Crippen LogP contribution in [-0.4, -0.2) is 222 Å². The number of carbonyl (C=O) groups is 2. The average molecular weight is 749 g/mol. The van der Waals surface area contributed by atoms with Gasteiger partial charge < -0.3 is 105 Å². The van der Waals surface area contributed by atoms with Crippen LogP contribution in [-0.2, 0) is 42.7 Å². The first-order valence-corrected chi connectivity index (χ1v) is 16.1. The fourth-order valence-corrected chi connectivity index (χ4v) is 6.36. The number of hydrogen-bond acceptors (Lipinski definition) is 21. The van der Waals surface area contributed by atoms with Crippen LogP contribution in [0, 0.1) is 0 Å². The van der Waals surface area contributed by atoms with Gasteiger partial charge in [0.2, 0.25) is 11.8 Å². The van der Waals surface area contributed by atoms with E-state index in [4.69, 9.17) is 33.2 Å². The van der Waals surface area contributed by atoms with Gasteiger partial charge in [0.25, 0.3) is 0 Å². The summed E-state index contributed by atoms with van der Waals surface area (Å²) in [4.78, 5) is 23.9. The van der Waals surface area contributed by atoms with Crippen LogP contribution in [0.2, 0.25) is 0 Å². The molecule has 0 unspecified atom stereocenters. The third-order valence-electron chi connectivity index (χ3n) is 9.01. The monoisotopic (exact) mass is 748 g/mol. The highest BCUT2D eigenvalue weighted by molar-refractivity contribution is 5.73. The molecule has 23 heteroatoms. The largest absolute Gasteiger partial charge is 0.394 e. The Bertz CT molecular complexity index is 1140. The van der Waals surface area contributed by atoms with Crippen molar-refractivity contribution in [3.8, 4) is 0 Å². The third kappa shape index (κ3) is 9.11. The van der Waals surface area contributed by atoms with Crippen molar-refractivity contribution in [1.82, 2.24) is 10.6 Å². The minimum absolute atomic E-state index is 0.656. The van der Waals surface area contributed by atoms with Crippen LogP contribution in [0.4, 0.5) is 0 Å². The van der Waals surface area contributed by atoms with Gasteiger partial charge in [-0.2, -0.15) is 0 Å². The Balaban J connectivity index is 1.52. The number of rotatable bonds is 12. The average Bonchev–Trinajstić information content (AvgIpc) is 3.09. The van der Waals surface area contributed by atoms with Crippen LogP contribution < -0.4 is 10.6 Å². The van der Waals surface area contributed by atoms with E-state index in [1.54, 1.807) is 0 Å². The van der Waals surface area contributed by atoms with E-state index in [1.807, 2.05) is 0 Å². The zero-order valence-corrected chi connectivity index (χ0v) is 27.4. The highest BCUT2D eigenvalue weighted by Crippen LogP contribution is 2.34. The molecular weight excluding hydrogens is 700 g/mol. The summed E-state index contributed by atoms with van der Waals surface area (Å²) in [5.74, 6) is -1.39. The Labute approximate surface area is 289 Å². The summed E-state index contributed by atoms with van der Waals surface area (Å²) in [6, 6.07) is -3.02. The van der Waals surface area contributed by atoms with E-state index in [2.05, 4.69) is 10.6 Å². The van der Waals surface area contributed by atoms with E-state index >= 15 is 0 Å². The van der Waals surface area contributed by atoms with Crippen molar-refractivity contribution in [2.45, 2.75) is 137 Å². The molecule has 14 N–H and O–H groups in total. The van der Waals surface area contributed by atoms with Gasteiger partial charge in [-0.25, -0.2) is 0 Å². The standard InChI is InChI=1S/C28H48N2O21/c1-7(35)29-13-16(38)22(10(4-32)45-25(13)44)49-26-14(30-8(2)36)17(39)23(11(5-33)47-26)50-28-21(43)19(41)24(12(6-34)48-28)51-27-20(42)18(40)15(37)9(3-31)46-27/h9-28,31-34,37-44H,3-6H2,1-2H3,(H,29,35)(H,30,36)/t9-,10-,11-,12-,13-,14-,15-,16-,17-,18+,19-,20+,21+,22-,23-,24-,25+,26-,27+,28-/m1/s1. The molecule has 51 heavy (non-hydrogen) atoms. The first-order valence-electron chi connectivity index (χ1n) is 16.1. The van der Waals surface area contributed by atoms with E-state index in [-0.39, 0.29) is 0 Å². The number of carbonyl (C=O) groups excluding carboxylic acids is 2. The Kier molecular flexibility index (Phi) is 14.8. The molecule has 2 amide bonds. The molecule has 4 fully saturated rings. The highest BCUT2D eigenvalue weighted by atomic mass is 16.8. The predicted molar refractivity (Wildman–Crippen MR) is 157 cm³/mol. The number of nitrogens with one attached hydrogen (secondary N) is 2. The fraction of sp³-hybridized carbons (Fsp3) is 0.929. The van der Waals surface area contributed by atoms with Gasteiger partial charge in [0.05, 0.1) is 26.4 Å². The maximum absolute atomic E-state index is 12.2. The lowest BCUT2D eigenvalue weighted by Crippen LogP contribution is -2.70. The first kappa shape index (κ1) is 41.9. The maximum atomic E-state index is 12.2. The lowest BCUT2D eigenvalue weighted by atomic mass is 9.94. The van der Waals surface area contributed by atoms with Crippen molar-refractivity contribution in [2.75, 3.05) is 26.4 Å². The van der Waals surface area contributed by atoms with Gasteiger partial charge in [-0.1, -0.05) is 0 Å². The second kappa shape index (κ2) is 18.0. The summed E-state index contributed by atoms with van der Waals surface area (Å²) in [6.07, 6.45) is -31.1. The number of amides is 2. The highest BCUT2D eigenvalue weighted by Gasteiger charge is 2.55. The SMILES string of the molecule is CC(=O)N[C@@H]1[C@@H](O)[C@H](O[C@H]2O[C@H](CO)[C@@H](O[C@H]3O[C@H](CO)[C@@H](O[C@@H]4O[C@H](CO)[C@@H](O)[C@H](O)[C@@H]4O)[C@H](O)[C@@H]3O)[C@H](O)[C@H]2NC(C)=O)[C@@H](CO)O[C@@H]1O. The Morgan fingerprint density at radius 2 is 0.843 bits per heavy atom. The molecule has 0 aromatic rings. The molecule has 4 rings (SSSR count). The second-order valence-corrected chi connectivity index (χ2v) is 12.6. The molecule has 0 aromatic carbocycles. The molecule has 0 saturated carbocycles. The van der Waals surface area contributed by atoms with Crippen molar-refractivity contribution >= 4 is 11.8 Å². The van der Waals surface area contributed by atoms with Crippen LogP contribution >= 0.6 is 0 Å². The van der Waals surface area contributed by atoms with Gasteiger partial charge in [0.1, 0.15) is 97.5 Å². The molecule has 4 aliphatic rings. The molecule has 0 aromatic heterocycles. The number of hydrogen-bond donors (Lipinski definition) is 14. The van der Waals surface area contributed by atoms with Crippen LogP contribution in [0.15, 0.2) is 0 Å². The van der Waals surface area contributed by atoms with Crippen LogP contribution in [0.1, 0.15) is 13.8 Å². The van der Waals surface area contributed by atoms with Gasteiger partial charge in [-0.15, -0.1) is 0 Å². The Morgan fingerprint density at radius 3 is 1.33 bits per heavy atom. The zero-order chi connectivity index (χ0) is 37.9. The zero-order valence-electron chi connectivity index (χ0n) is 27.4. The third-order valence-corrected chi connectivity index (χ3v) is 9.01. The Hall–Kier alpha value is -1.82. The second-order valence-electron chi connectivity index (χ2n) is 12.6. The molecule has 4 aliphatic heterocycles. The molecule has 0 spiro atoms. The lowest BCUT2D eigenvalue weighted by Gasteiger charge is -2.50. The van der Waals surface area contributed by atoms with E-state index in [0.29, 0.717) is 0 Å². The molecule has 0 aliphatic carbocycles. The van der Waals surface area contributed by atoms with Crippen molar-refractivity contribution in [1.29, 1.82) is 0 Å². The lowest BCUT2D eigenvalue weighted by molar-refractivity contribution is -0.378. The van der Waals surface area contributed by atoms with E-state index < -0.39 is 161 Å². The molecule has 0 bridgehead atoms. The summed E-state index contributed by atoms with van der Waals surface area (Å²) < 4.78 is 39.1. The predicted octanol–water partition coefficient (Wildman–Crippen LogP) is -9.46.